The molecule has 1 aliphatic carbocycles. The second-order valence-electron chi connectivity index (χ2n) is 10.1. The minimum atomic E-state index is 0.00764. The summed E-state index contributed by atoms with van der Waals surface area (Å²) < 4.78 is 5.45. The van der Waals surface area contributed by atoms with Crippen LogP contribution in [0.5, 0.6) is 0 Å². The Morgan fingerprint density at radius 3 is 2.56 bits per heavy atom. The Labute approximate surface area is 204 Å². The lowest BCUT2D eigenvalue weighted by Gasteiger charge is -2.23. The minimum absolute atomic E-state index is 0.00764. The first-order valence-electron chi connectivity index (χ1n) is 12.7. The fourth-order valence-electron chi connectivity index (χ4n) is 4.67. The summed E-state index contributed by atoms with van der Waals surface area (Å²) in [5, 5.41) is 3.19. The number of benzene rings is 2. The van der Waals surface area contributed by atoms with Crippen molar-refractivity contribution in [1.29, 1.82) is 0 Å². The van der Waals surface area contributed by atoms with Gasteiger partial charge < -0.3 is 25.6 Å². The van der Waals surface area contributed by atoms with Crippen molar-refractivity contribution in [1.82, 2.24) is 10.2 Å². The summed E-state index contributed by atoms with van der Waals surface area (Å²) in [6.45, 7) is 5.71. The molecular formula is C28H40N4O2. The monoisotopic (exact) mass is 464 g/mol. The third kappa shape index (κ3) is 7.05. The number of carbonyl (C=O) groups excluding carboxylic acids is 1. The third-order valence-electron chi connectivity index (χ3n) is 6.97. The Hall–Kier alpha value is -2.41. The normalized spacial score (nSPS) is 16.6. The lowest BCUT2D eigenvalue weighted by Crippen LogP contribution is -2.32. The highest BCUT2D eigenvalue weighted by Crippen LogP contribution is 2.33. The molecule has 2 aromatic rings. The molecular weight excluding hydrogens is 424 g/mol. The van der Waals surface area contributed by atoms with E-state index in [0.717, 1.165) is 74.0 Å². The van der Waals surface area contributed by atoms with Crippen LogP contribution in [0.3, 0.4) is 0 Å². The molecule has 2 aromatic carbocycles. The number of nitrogens with zero attached hydrogens (tertiary/aromatic N) is 2. The second-order valence-corrected chi connectivity index (χ2v) is 10.1. The summed E-state index contributed by atoms with van der Waals surface area (Å²) in [4.78, 5) is 17.7. The van der Waals surface area contributed by atoms with Gasteiger partial charge in [-0.15, -0.1) is 0 Å². The lowest BCUT2D eigenvalue weighted by atomic mass is 9.98. The number of amides is 1. The molecule has 1 amide bonds. The highest BCUT2D eigenvalue weighted by atomic mass is 16.5. The molecule has 0 unspecified atom stereocenters. The van der Waals surface area contributed by atoms with Crippen molar-refractivity contribution < 1.29 is 9.53 Å². The van der Waals surface area contributed by atoms with Gasteiger partial charge in [0.1, 0.15) is 0 Å². The number of rotatable bonds is 11. The Morgan fingerprint density at radius 2 is 1.82 bits per heavy atom. The molecule has 0 bridgehead atoms. The van der Waals surface area contributed by atoms with E-state index < -0.39 is 0 Å². The van der Waals surface area contributed by atoms with Crippen LogP contribution >= 0.6 is 0 Å². The van der Waals surface area contributed by atoms with Crippen molar-refractivity contribution in [2.24, 2.45) is 17.6 Å². The van der Waals surface area contributed by atoms with Crippen LogP contribution < -0.4 is 16.0 Å². The summed E-state index contributed by atoms with van der Waals surface area (Å²) in [5.41, 5.74) is 11.0. The molecule has 6 nitrogen and oxygen atoms in total. The number of nitrogens with two attached hydrogens (primary N) is 1. The van der Waals surface area contributed by atoms with Gasteiger partial charge in [-0.25, -0.2) is 0 Å². The van der Waals surface area contributed by atoms with Gasteiger partial charge in [0.15, 0.2) is 0 Å². The fraction of sp³-hybridized carbons (Fsp3) is 0.536. The number of hydrogen-bond acceptors (Lipinski definition) is 5. The van der Waals surface area contributed by atoms with Crippen molar-refractivity contribution >= 4 is 11.6 Å². The van der Waals surface area contributed by atoms with E-state index in [9.17, 15) is 4.79 Å². The molecule has 34 heavy (non-hydrogen) atoms. The van der Waals surface area contributed by atoms with Crippen molar-refractivity contribution in [2.75, 3.05) is 58.4 Å². The fourth-order valence-corrected chi connectivity index (χ4v) is 4.67. The van der Waals surface area contributed by atoms with Crippen LogP contribution in [-0.4, -0.2) is 64.3 Å². The van der Waals surface area contributed by atoms with Gasteiger partial charge in [-0.05, 0) is 85.5 Å². The molecule has 184 valence electrons. The second kappa shape index (κ2) is 11.8. The average Bonchev–Trinajstić information content (AvgIpc) is 3.67. The molecule has 0 aromatic heterocycles. The number of ether oxygens (including phenoxy) is 1. The zero-order chi connectivity index (χ0) is 23.9. The van der Waals surface area contributed by atoms with Gasteiger partial charge in [0.05, 0.1) is 0 Å². The molecule has 4 rings (SSSR count). The van der Waals surface area contributed by atoms with Crippen LogP contribution in [0.15, 0.2) is 42.5 Å². The molecule has 0 radical (unpaired) electrons. The summed E-state index contributed by atoms with van der Waals surface area (Å²) >= 11 is 0. The van der Waals surface area contributed by atoms with Gasteiger partial charge in [0, 0.05) is 64.2 Å². The Bertz CT molecular complexity index is 953. The highest BCUT2D eigenvalue weighted by Gasteiger charge is 2.24. The van der Waals surface area contributed by atoms with Crippen molar-refractivity contribution in [3.05, 3.63) is 53.6 Å². The minimum Gasteiger partial charge on any atom is -0.381 e. The van der Waals surface area contributed by atoms with Crippen molar-refractivity contribution in [3.63, 3.8) is 0 Å². The number of hydrogen-bond donors (Lipinski definition) is 2. The van der Waals surface area contributed by atoms with Crippen LogP contribution in [0, 0.1) is 11.8 Å². The molecule has 6 heteroatoms. The zero-order valence-electron chi connectivity index (χ0n) is 20.8. The van der Waals surface area contributed by atoms with E-state index in [4.69, 9.17) is 10.5 Å². The maximum atomic E-state index is 13.2. The Balaban J connectivity index is 1.56. The van der Waals surface area contributed by atoms with E-state index in [1.807, 2.05) is 12.1 Å². The first-order valence-corrected chi connectivity index (χ1v) is 12.7. The van der Waals surface area contributed by atoms with Gasteiger partial charge in [0.2, 0.25) is 0 Å². The topological polar surface area (TPSA) is 70.8 Å². The molecule has 0 spiro atoms. The molecule has 2 aliphatic rings. The molecule has 1 aliphatic heterocycles. The molecule has 1 saturated heterocycles. The largest absolute Gasteiger partial charge is 0.381 e. The first kappa shape index (κ1) is 24.7. The first-order chi connectivity index (χ1) is 16.5. The van der Waals surface area contributed by atoms with Gasteiger partial charge in [-0.2, -0.15) is 0 Å². The van der Waals surface area contributed by atoms with E-state index in [1.54, 1.807) is 0 Å². The van der Waals surface area contributed by atoms with Gasteiger partial charge >= 0.3 is 0 Å². The summed E-state index contributed by atoms with van der Waals surface area (Å²) in [6.07, 6.45) is 4.64. The quantitative estimate of drug-likeness (QED) is 0.530. The smallest absolute Gasteiger partial charge is 0.251 e. The molecule has 3 N–H and O–H groups in total. The van der Waals surface area contributed by atoms with E-state index in [1.165, 1.54) is 18.4 Å². The standard InChI is InChI=1S/C28H40N4O2/c1-31(11-10-29)19-23-4-3-5-24(14-23)25-15-26(17-27(16-25)32(2)20-22-6-7-22)28(33)30-18-21-8-12-34-13-9-21/h3-5,14-17,21-22H,6-13,18-20,29H2,1-2H3,(H,30,33). The lowest BCUT2D eigenvalue weighted by molar-refractivity contribution is 0.0642. The predicted octanol–water partition coefficient (Wildman–Crippen LogP) is 3.75. The number of carbonyl (C=O) groups is 1. The van der Waals surface area contributed by atoms with E-state index in [0.29, 0.717) is 19.0 Å². The number of nitrogens with one attached hydrogen (secondary N) is 1. The van der Waals surface area contributed by atoms with Crippen LogP contribution in [0.2, 0.25) is 0 Å². The number of likely N-dealkylation sites (N-methyl/N-ethyl adjacent to an activating group) is 1. The van der Waals surface area contributed by atoms with Gasteiger partial charge in [0.25, 0.3) is 5.91 Å². The van der Waals surface area contributed by atoms with E-state index in [2.05, 4.69) is 59.5 Å². The van der Waals surface area contributed by atoms with Gasteiger partial charge in [-0.1, -0.05) is 18.2 Å². The van der Waals surface area contributed by atoms with Crippen LogP contribution in [-0.2, 0) is 11.3 Å². The van der Waals surface area contributed by atoms with E-state index in [-0.39, 0.29) is 5.91 Å². The summed E-state index contributed by atoms with van der Waals surface area (Å²) in [5.74, 6) is 1.29. The van der Waals surface area contributed by atoms with Crippen LogP contribution in [0.4, 0.5) is 5.69 Å². The van der Waals surface area contributed by atoms with Gasteiger partial charge in [-0.3, -0.25) is 4.79 Å². The average molecular weight is 465 g/mol. The maximum absolute atomic E-state index is 13.2. The third-order valence-corrected chi connectivity index (χ3v) is 6.97. The molecule has 1 saturated carbocycles. The SMILES string of the molecule is CN(CCN)Cc1cccc(-c2cc(C(=O)NCC3CCOCC3)cc(N(C)CC3CC3)c2)c1. The molecule has 2 fully saturated rings. The Kier molecular flexibility index (Phi) is 8.59. The van der Waals surface area contributed by atoms with E-state index >= 15 is 0 Å². The maximum Gasteiger partial charge on any atom is 0.251 e. The highest BCUT2D eigenvalue weighted by molar-refractivity contribution is 5.96. The van der Waals surface area contributed by atoms with Crippen molar-refractivity contribution in [3.8, 4) is 11.1 Å². The zero-order valence-corrected chi connectivity index (χ0v) is 20.8. The van der Waals surface area contributed by atoms with Crippen LogP contribution in [0.25, 0.3) is 11.1 Å². The molecule has 0 atom stereocenters. The molecule has 1 heterocycles. The van der Waals surface area contributed by atoms with Crippen molar-refractivity contribution in [2.45, 2.75) is 32.2 Å². The summed E-state index contributed by atoms with van der Waals surface area (Å²) in [6, 6.07) is 14.9. The summed E-state index contributed by atoms with van der Waals surface area (Å²) in [7, 11) is 4.23. The predicted molar refractivity (Wildman–Crippen MR) is 139 cm³/mol. The Morgan fingerprint density at radius 1 is 1.03 bits per heavy atom. The van der Waals surface area contributed by atoms with Crippen LogP contribution in [0.1, 0.15) is 41.6 Å². The number of anilines is 1.